The summed E-state index contributed by atoms with van der Waals surface area (Å²) in [6.07, 6.45) is -4.24. The molecule has 0 rings (SSSR count). The standard InChI is InChI=1S/C4H8N4O8Si/c9-5(10)1-17(2-6(11)12,3-7(13)14)4-8(15)16/h1-4H2. The van der Waals surface area contributed by atoms with Crippen LogP contribution in [0.25, 0.3) is 0 Å². The summed E-state index contributed by atoms with van der Waals surface area (Å²) in [5.41, 5.74) is 0. The van der Waals surface area contributed by atoms with Gasteiger partial charge in [-0.2, -0.15) is 0 Å². The Bertz CT molecular complexity index is 288. The molecule has 96 valence electrons. The smallest absolute Gasteiger partial charge is 0.265 e. The van der Waals surface area contributed by atoms with Crippen LogP contribution in [-0.2, 0) is 0 Å². The van der Waals surface area contributed by atoms with E-state index in [1.807, 2.05) is 0 Å². The maximum Gasteiger partial charge on any atom is 0.379 e. The molecule has 0 bridgehead atoms. The van der Waals surface area contributed by atoms with E-state index in [4.69, 9.17) is 0 Å². The van der Waals surface area contributed by atoms with Gasteiger partial charge in [0.15, 0.2) is 0 Å². The molecule has 0 aliphatic carbocycles. The lowest BCUT2D eigenvalue weighted by Crippen LogP contribution is -2.60. The van der Waals surface area contributed by atoms with Crippen LogP contribution in [-0.4, -0.2) is 52.4 Å². The van der Waals surface area contributed by atoms with Crippen LogP contribution >= 0.6 is 0 Å². The SMILES string of the molecule is O=[N+]([O-])C[Si](C[N+](=O)[O-])(C[N+](=O)[O-])C[N+](=O)[O-]. The van der Waals surface area contributed by atoms with Crippen molar-refractivity contribution in [2.75, 3.05) is 24.7 Å². The van der Waals surface area contributed by atoms with Crippen molar-refractivity contribution in [1.29, 1.82) is 0 Å². The summed E-state index contributed by atoms with van der Waals surface area (Å²) >= 11 is 0. The minimum absolute atomic E-state index is 0.970. The number of nitro groups is 4. The molecule has 0 aromatic heterocycles. The lowest BCUT2D eigenvalue weighted by atomic mass is 11.3. The molecule has 0 aromatic rings. The Labute approximate surface area is 93.8 Å². The summed E-state index contributed by atoms with van der Waals surface area (Å²) in [4.78, 5) is 37.4. The van der Waals surface area contributed by atoms with Gasteiger partial charge in [0.1, 0.15) is 0 Å². The molecule has 0 unspecified atom stereocenters. The highest BCUT2D eigenvalue weighted by Gasteiger charge is 2.56. The second kappa shape index (κ2) is 5.78. The molecule has 0 heterocycles. The molecule has 0 fully saturated rings. The van der Waals surface area contributed by atoms with Crippen LogP contribution in [0.4, 0.5) is 0 Å². The zero-order valence-electron chi connectivity index (χ0n) is 8.38. The molecule has 12 nitrogen and oxygen atoms in total. The average Bonchev–Trinajstić information content (AvgIpc) is 1.95. The lowest BCUT2D eigenvalue weighted by molar-refractivity contribution is -0.507. The first kappa shape index (κ1) is 14.8. The average molecular weight is 268 g/mol. The predicted octanol–water partition coefficient (Wildman–Crippen LogP) is -1.30. The van der Waals surface area contributed by atoms with Gasteiger partial charge in [0, 0.05) is 19.7 Å². The van der Waals surface area contributed by atoms with E-state index in [1.54, 1.807) is 0 Å². The third kappa shape index (κ3) is 6.08. The molecule has 17 heavy (non-hydrogen) atoms. The van der Waals surface area contributed by atoms with E-state index in [1.165, 1.54) is 0 Å². The molecule has 0 spiro atoms. The summed E-state index contributed by atoms with van der Waals surface area (Å²) in [5.74, 6) is 0. The molecule has 0 saturated carbocycles. The van der Waals surface area contributed by atoms with Crippen molar-refractivity contribution in [2.45, 2.75) is 0 Å². The number of nitrogens with zero attached hydrogens (tertiary/aromatic N) is 4. The van der Waals surface area contributed by atoms with Crippen molar-refractivity contribution in [1.82, 2.24) is 0 Å². The second-order valence-corrected chi connectivity index (χ2v) is 7.73. The van der Waals surface area contributed by atoms with Crippen LogP contribution < -0.4 is 0 Å². The first-order valence-corrected chi connectivity index (χ1v) is 6.97. The van der Waals surface area contributed by atoms with Gasteiger partial charge in [0.05, 0.1) is 0 Å². The first-order valence-electron chi connectivity index (χ1n) is 4.14. The first-order chi connectivity index (χ1) is 7.67. The largest absolute Gasteiger partial charge is 0.379 e. The van der Waals surface area contributed by atoms with E-state index >= 15 is 0 Å². The van der Waals surface area contributed by atoms with Crippen molar-refractivity contribution >= 4 is 8.07 Å². The van der Waals surface area contributed by atoms with Gasteiger partial charge in [0.2, 0.25) is 24.7 Å². The van der Waals surface area contributed by atoms with Gasteiger partial charge in [-0.05, 0) is 0 Å². The molecule has 0 aromatic carbocycles. The summed E-state index contributed by atoms with van der Waals surface area (Å²) in [6, 6.07) is 0. The highest BCUT2D eigenvalue weighted by Crippen LogP contribution is 2.06. The van der Waals surface area contributed by atoms with Crippen molar-refractivity contribution < 1.29 is 19.7 Å². The van der Waals surface area contributed by atoms with Crippen molar-refractivity contribution in [3.05, 3.63) is 40.5 Å². The third-order valence-electron chi connectivity index (χ3n) is 1.86. The van der Waals surface area contributed by atoms with E-state index in [9.17, 15) is 40.5 Å². The third-order valence-corrected chi connectivity index (χ3v) is 5.57. The maximum absolute atomic E-state index is 10.3. The molecular weight excluding hydrogens is 260 g/mol. The lowest BCUT2D eigenvalue weighted by Gasteiger charge is -2.13. The zero-order valence-corrected chi connectivity index (χ0v) is 9.38. The molecule has 0 amide bonds. The molecule has 0 aliphatic rings. The Balaban J connectivity index is 5.16. The van der Waals surface area contributed by atoms with E-state index in [-0.39, 0.29) is 0 Å². The van der Waals surface area contributed by atoms with E-state index in [0.717, 1.165) is 0 Å². The molecule has 0 N–H and O–H groups in total. The molecule has 0 atom stereocenters. The van der Waals surface area contributed by atoms with Gasteiger partial charge in [-0.3, -0.25) is 40.5 Å². The molecule has 13 heteroatoms. The van der Waals surface area contributed by atoms with E-state index < -0.39 is 52.4 Å². The summed E-state index contributed by atoms with van der Waals surface area (Å²) in [7, 11) is -3.84. The summed E-state index contributed by atoms with van der Waals surface area (Å²) < 4.78 is 0. The Morgan fingerprint density at radius 1 is 0.588 bits per heavy atom. The van der Waals surface area contributed by atoms with Crippen molar-refractivity contribution in [3.8, 4) is 0 Å². The highest BCUT2D eigenvalue weighted by atomic mass is 28.3. The molecular formula is C4H8N4O8Si. The van der Waals surface area contributed by atoms with Crippen LogP contribution in [0.5, 0.6) is 0 Å². The number of hydrogen-bond acceptors (Lipinski definition) is 8. The van der Waals surface area contributed by atoms with Gasteiger partial charge >= 0.3 is 8.07 Å². The Morgan fingerprint density at radius 2 is 0.765 bits per heavy atom. The summed E-state index contributed by atoms with van der Waals surface area (Å²) in [6.45, 7) is 0. The predicted molar refractivity (Wildman–Crippen MR) is 53.2 cm³/mol. The van der Waals surface area contributed by atoms with Gasteiger partial charge in [0.25, 0.3) is 0 Å². The van der Waals surface area contributed by atoms with Gasteiger partial charge < -0.3 is 0 Å². The highest BCUT2D eigenvalue weighted by molar-refractivity contribution is 6.79. The van der Waals surface area contributed by atoms with Crippen LogP contribution in [0.15, 0.2) is 0 Å². The normalized spacial score (nSPS) is 10.8. The van der Waals surface area contributed by atoms with E-state index in [2.05, 4.69) is 0 Å². The molecule has 0 aliphatic heterocycles. The molecule has 0 radical (unpaired) electrons. The number of rotatable bonds is 8. The Morgan fingerprint density at radius 3 is 0.882 bits per heavy atom. The Hall–Kier alpha value is -2.18. The fraction of sp³-hybridized carbons (Fsp3) is 1.00. The van der Waals surface area contributed by atoms with Crippen LogP contribution in [0.3, 0.4) is 0 Å². The zero-order chi connectivity index (χ0) is 13.6. The minimum atomic E-state index is -3.84. The van der Waals surface area contributed by atoms with Crippen LogP contribution in [0, 0.1) is 40.5 Å². The fourth-order valence-electron chi connectivity index (χ4n) is 1.40. The topological polar surface area (TPSA) is 173 Å². The monoisotopic (exact) mass is 268 g/mol. The quantitative estimate of drug-likeness (QED) is 0.296. The van der Waals surface area contributed by atoms with Crippen molar-refractivity contribution in [2.24, 2.45) is 0 Å². The fourth-order valence-corrected chi connectivity index (χ4v) is 4.19. The Kier molecular flexibility index (Phi) is 5.04. The summed E-state index contributed by atoms with van der Waals surface area (Å²) in [5, 5.41) is 41.3. The van der Waals surface area contributed by atoms with Gasteiger partial charge in [-0.25, -0.2) is 0 Å². The van der Waals surface area contributed by atoms with Gasteiger partial charge in [-0.15, -0.1) is 0 Å². The molecule has 0 saturated heterocycles. The van der Waals surface area contributed by atoms with Gasteiger partial charge in [-0.1, -0.05) is 0 Å². The van der Waals surface area contributed by atoms with Crippen molar-refractivity contribution in [3.63, 3.8) is 0 Å². The number of hydrogen-bond donors (Lipinski definition) is 0. The second-order valence-electron chi connectivity index (χ2n) is 3.46. The van der Waals surface area contributed by atoms with Crippen LogP contribution in [0.1, 0.15) is 0 Å². The maximum atomic E-state index is 10.3. The van der Waals surface area contributed by atoms with Crippen LogP contribution in [0.2, 0.25) is 0 Å². The minimum Gasteiger partial charge on any atom is -0.265 e. The van der Waals surface area contributed by atoms with E-state index in [0.29, 0.717) is 0 Å².